The van der Waals surface area contributed by atoms with Gasteiger partial charge in [-0.2, -0.15) is 0 Å². The minimum absolute atomic E-state index is 0.115. The Bertz CT molecular complexity index is 763. The van der Waals surface area contributed by atoms with E-state index in [1.54, 1.807) is 36.4 Å². The third-order valence-electron chi connectivity index (χ3n) is 3.52. The molecule has 22 heavy (non-hydrogen) atoms. The minimum atomic E-state index is -3.55. The quantitative estimate of drug-likeness (QED) is 0.891. The molecular formula is C15H16N2O3S2. The zero-order valence-electron chi connectivity index (χ0n) is 11.8. The van der Waals surface area contributed by atoms with E-state index in [2.05, 4.69) is 10.6 Å². The van der Waals surface area contributed by atoms with Crippen molar-refractivity contribution in [2.24, 2.45) is 0 Å². The first-order valence-corrected chi connectivity index (χ1v) is 9.29. The molecule has 1 saturated heterocycles. The molecule has 1 unspecified atom stereocenters. The van der Waals surface area contributed by atoms with Gasteiger partial charge < -0.3 is 10.6 Å². The fourth-order valence-corrected chi connectivity index (χ4v) is 4.97. The summed E-state index contributed by atoms with van der Waals surface area (Å²) in [5.74, 6) is -0.215. The van der Waals surface area contributed by atoms with Crippen LogP contribution in [0.2, 0.25) is 0 Å². The molecule has 1 aliphatic heterocycles. The highest BCUT2D eigenvalue weighted by atomic mass is 32.2. The Morgan fingerprint density at radius 2 is 1.95 bits per heavy atom. The number of amides is 1. The van der Waals surface area contributed by atoms with Gasteiger partial charge in [-0.25, -0.2) is 8.42 Å². The molecule has 0 spiro atoms. The van der Waals surface area contributed by atoms with Crippen molar-refractivity contribution in [1.82, 2.24) is 10.6 Å². The van der Waals surface area contributed by atoms with Crippen LogP contribution in [0.25, 0.3) is 0 Å². The molecule has 2 N–H and O–H groups in total. The van der Waals surface area contributed by atoms with Crippen molar-refractivity contribution in [1.29, 1.82) is 0 Å². The molecule has 0 radical (unpaired) electrons. The molecule has 0 saturated carbocycles. The Morgan fingerprint density at radius 3 is 2.64 bits per heavy atom. The van der Waals surface area contributed by atoms with E-state index in [0.29, 0.717) is 4.88 Å². The molecular weight excluding hydrogens is 320 g/mol. The molecule has 1 amide bonds. The SMILES string of the molecule is O=C(NC1CCNC1)c1ccc(S(=O)(=O)c2ccccc2)s1. The van der Waals surface area contributed by atoms with Gasteiger partial charge in [-0.15, -0.1) is 11.3 Å². The summed E-state index contributed by atoms with van der Waals surface area (Å²) >= 11 is 1.01. The third-order valence-corrected chi connectivity index (χ3v) is 6.86. The summed E-state index contributed by atoms with van der Waals surface area (Å²) in [5.41, 5.74) is 0. The number of carbonyl (C=O) groups is 1. The van der Waals surface area contributed by atoms with Crippen LogP contribution < -0.4 is 10.6 Å². The molecule has 1 aromatic heterocycles. The summed E-state index contributed by atoms with van der Waals surface area (Å²) < 4.78 is 25.2. The Hall–Kier alpha value is -1.70. The topological polar surface area (TPSA) is 75.3 Å². The van der Waals surface area contributed by atoms with Gasteiger partial charge in [0.05, 0.1) is 9.77 Å². The maximum atomic E-state index is 12.5. The number of benzene rings is 1. The highest BCUT2D eigenvalue weighted by Crippen LogP contribution is 2.27. The number of hydrogen-bond donors (Lipinski definition) is 2. The second-order valence-electron chi connectivity index (χ2n) is 5.10. The summed E-state index contributed by atoms with van der Waals surface area (Å²) in [6.07, 6.45) is 0.895. The van der Waals surface area contributed by atoms with Crippen LogP contribution in [0.15, 0.2) is 51.6 Å². The van der Waals surface area contributed by atoms with Crippen LogP contribution in [0.5, 0.6) is 0 Å². The number of thiophene rings is 1. The molecule has 116 valence electrons. The van der Waals surface area contributed by atoms with E-state index in [9.17, 15) is 13.2 Å². The highest BCUT2D eigenvalue weighted by molar-refractivity contribution is 7.93. The van der Waals surface area contributed by atoms with Gasteiger partial charge in [-0.05, 0) is 37.2 Å². The Balaban J connectivity index is 1.80. The molecule has 1 atom stereocenters. The summed E-state index contributed by atoms with van der Waals surface area (Å²) in [6, 6.07) is 11.4. The zero-order chi connectivity index (χ0) is 15.6. The second-order valence-corrected chi connectivity index (χ2v) is 8.36. The highest BCUT2D eigenvalue weighted by Gasteiger charge is 2.23. The lowest BCUT2D eigenvalue weighted by Gasteiger charge is -2.09. The smallest absolute Gasteiger partial charge is 0.261 e. The zero-order valence-corrected chi connectivity index (χ0v) is 13.4. The van der Waals surface area contributed by atoms with Gasteiger partial charge in [0.1, 0.15) is 4.21 Å². The van der Waals surface area contributed by atoms with Crippen molar-refractivity contribution < 1.29 is 13.2 Å². The first-order valence-electron chi connectivity index (χ1n) is 6.99. The van der Waals surface area contributed by atoms with Crippen molar-refractivity contribution in [2.75, 3.05) is 13.1 Å². The van der Waals surface area contributed by atoms with Crippen LogP contribution in [-0.2, 0) is 9.84 Å². The normalized spacial score (nSPS) is 18.3. The van der Waals surface area contributed by atoms with Crippen LogP contribution in [0.3, 0.4) is 0 Å². The van der Waals surface area contributed by atoms with Gasteiger partial charge >= 0.3 is 0 Å². The number of nitrogens with one attached hydrogen (secondary N) is 2. The van der Waals surface area contributed by atoms with E-state index in [4.69, 9.17) is 0 Å². The lowest BCUT2D eigenvalue weighted by Crippen LogP contribution is -2.35. The molecule has 5 nitrogen and oxygen atoms in total. The van der Waals surface area contributed by atoms with E-state index in [1.165, 1.54) is 6.07 Å². The van der Waals surface area contributed by atoms with Gasteiger partial charge in [-0.1, -0.05) is 18.2 Å². The maximum absolute atomic E-state index is 12.5. The molecule has 7 heteroatoms. The van der Waals surface area contributed by atoms with Gasteiger partial charge in [-0.3, -0.25) is 4.79 Å². The molecule has 0 bridgehead atoms. The fourth-order valence-electron chi connectivity index (χ4n) is 2.34. The molecule has 0 aliphatic carbocycles. The Kier molecular flexibility index (Phi) is 4.28. The van der Waals surface area contributed by atoms with E-state index >= 15 is 0 Å². The van der Waals surface area contributed by atoms with Crippen LogP contribution >= 0.6 is 11.3 Å². The average Bonchev–Trinajstić information content (AvgIpc) is 3.19. The largest absolute Gasteiger partial charge is 0.347 e. The molecule has 2 aromatic rings. The van der Waals surface area contributed by atoms with Crippen molar-refractivity contribution in [3.63, 3.8) is 0 Å². The molecule has 1 fully saturated rings. The number of hydrogen-bond acceptors (Lipinski definition) is 5. The van der Waals surface area contributed by atoms with E-state index in [0.717, 1.165) is 30.8 Å². The summed E-state index contributed by atoms with van der Waals surface area (Å²) in [5, 5.41) is 6.09. The predicted molar refractivity (Wildman–Crippen MR) is 85.0 cm³/mol. The molecule has 1 aromatic carbocycles. The number of sulfone groups is 1. The minimum Gasteiger partial charge on any atom is -0.347 e. The van der Waals surface area contributed by atoms with Crippen LogP contribution in [-0.4, -0.2) is 33.5 Å². The lowest BCUT2D eigenvalue weighted by atomic mass is 10.2. The monoisotopic (exact) mass is 336 g/mol. The van der Waals surface area contributed by atoms with E-state index in [-0.39, 0.29) is 21.1 Å². The Labute approximate surface area is 133 Å². The standard InChI is InChI=1S/C15H16N2O3S2/c18-15(17-11-8-9-16-10-11)13-6-7-14(21-13)22(19,20)12-4-2-1-3-5-12/h1-7,11,16H,8-10H2,(H,17,18). The summed E-state index contributed by atoms with van der Waals surface area (Å²) in [4.78, 5) is 12.8. The fraction of sp³-hybridized carbons (Fsp3) is 0.267. The predicted octanol–water partition coefficient (Wildman–Crippen LogP) is 1.67. The van der Waals surface area contributed by atoms with Crippen LogP contribution in [0.1, 0.15) is 16.1 Å². The molecule has 3 rings (SSSR count). The Morgan fingerprint density at radius 1 is 1.18 bits per heavy atom. The average molecular weight is 336 g/mol. The van der Waals surface area contributed by atoms with Gasteiger partial charge in [0.25, 0.3) is 5.91 Å². The number of carbonyl (C=O) groups excluding carboxylic acids is 1. The van der Waals surface area contributed by atoms with E-state index in [1.807, 2.05) is 0 Å². The first kappa shape index (κ1) is 15.2. The first-order chi connectivity index (χ1) is 10.6. The summed E-state index contributed by atoms with van der Waals surface area (Å²) in [6.45, 7) is 1.65. The molecule has 2 heterocycles. The molecule has 1 aliphatic rings. The van der Waals surface area contributed by atoms with Crippen LogP contribution in [0.4, 0.5) is 0 Å². The second kappa shape index (κ2) is 6.20. The van der Waals surface area contributed by atoms with Gasteiger partial charge in [0.2, 0.25) is 9.84 Å². The third kappa shape index (κ3) is 3.06. The van der Waals surface area contributed by atoms with Gasteiger partial charge in [0.15, 0.2) is 0 Å². The van der Waals surface area contributed by atoms with Crippen molar-refractivity contribution in [3.8, 4) is 0 Å². The maximum Gasteiger partial charge on any atom is 0.261 e. The van der Waals surface area contributed by atoms with Crippen molar-refractivity contribution in [3.05, 3.63) is 47.3 Å². The number of rotatable bonds is 4. The van der Waals surface area contributed by atoms with Crippen LogP contribution in [0, 0.1) is 0 Å². The van der Waals surface area contributed by atoms with Crippen molar-refractivity contribution in [2.45, 2.75) is 21.6 Å². The van der Waals surface area contributed by atoms with E-state index < -0.39 is 9.84 Å². The summed E-state index contributed by atoms with van der Waals surface area (Å²) in [7, 11) is -3.55. The lowest BCUT2D eigenvalue weighted by molar-refractivity contribution is 0.0944. The van der Waals surface area contributed by atoms with Gasteiger partial charge in [0, 0.05) is 12.6 Å². The van der Waals surface area contributed by atoms with Crippen molar-refractivity contribution >= 4 is 27.1 Å².